The standard InChI is InChI=1S/C18H25N5O2/c1-15(16-6-4-3-5-7-16)21(2)18(24)12-22-8-9-25-17(10-22)11-23-14-19-13-20-23/h3-7,13-15,17H,8-12H2,1-2H3/t15-,17-/m0/s1. The Balaban J connectivity index is 1.53. The number of morpholine rings is 1. The van der Waals surface area contributed by atoms with E-state index in [-0.39, 0.29) is 18.1 Å². The van der Waals surface area contributed by atoms with Gasteiger partial charge in [-0.05, 0) is 12.5 Å². The molecule has 1 aliphatic rings. The van der Waals surface area contributed by atoms with Crippen molar-refractivity contribution in [2.24, 2.45) is 0 Å². The Bertz CT molecular complexity index is 661. The van der Waals surface area contributed by atoms with Gasteiger partial charge in [0.05, 0.1) is 31.8 Å². The van der Waals surface area contributed by atoms with Crippen LogP contribution in [-0.2, 0) is 16.1 Å². The molecule has 3 rings (SSSR count). The molecule has 1 amide bonds. The molecule has 0 bridgehead atoms. The number of likely N-dealkylation sites (N-methyl/N-ethyl adjacent to an activating group) is 1. The van der Waals surface area contributed by atoms with E-state index in [0.29, 0.717) is 19.7 Å². The number of carbonyl (C=O) groups excluding carboxylic acids is 1. The average molecular weight is 343 g/mol. The molecule has 25 heavy (non-hydrogen) atoms. The lowest BCUT2D eigenvalue weighted by molar-refractivity contribution is -0.135. The van der Waals surface area contributed by atoms with Crippen LogP contribution in [0.2, 0.25) is 0 Å². The average Bonchev–Trinajstić information content (AvgIpc) is 3.14. The van der Waals surface area contributed by atoms with E-state index in [1.165, 1.54) is 6.33 Å². The molecule has 1 aromatic carbocycles. The van der Waals surface area contributed by atoms with Gasteiger partial charge in [-0.1, -0.05) is 30.3 Å². The van der Waals surface area contributed by atoms with Crippen LogP contribution in [0, 0.1) is 0 Å². The van der Waals surface area contributed by atoms with E-state index in [2.05, 4.69) is 34.0 Å². The minimum atomic E-state index is 0.0279. The topological polar surface area (TPSA) is 63.5 Å². The Morgan fingerprint density at radius 2 is 2.20 bits per heavy atom. The number of rotatable bonds is 6. The summed E-state index contributed by atoms with van der Waals surface area (Å²) in [5.74, 6) is 0.123. The number of benzene rings is 1. The van der Waals surface area contributed by atoms with Crippen molar-refractivity contribution in [3.8, 4) is 0 Å². The molecule has 134 valence electrons. The van der Waals surface area contributed by atoms with Gasteiger partial charge in [-0.3, -0.25) is 14.4 Å². The molecule has 1 saturated heterocycles. The van der Waals surface area contributed by atoms with Crippen LogP contribution in [-0.4, -0.2) is 69.9 Å². The van der Waals surface area contributed by atoms with Gasteiger partial charge < -0.3 is 9.64 Å². The molecule has 0 aliphatic carbocycles. The second kappa shape index (κ2) is 8.22. The van der Waals surface area contributed by atoms with Crippen LogP contribution in [0.5, 0.6) is 0 Å². The van der Waals surface area contributed by atoms with Crippen molar-refractivity contribution in [2.45, 2.75) is 25.6 Å². The van der Waals surface area contributed by atoms with Crippen LogP contribution in [0.1, 0.15) is 18.5 Å². The minimum absolute atomic E-state index is 0.0279. The van der Waals surface area contributed by atoms with Gasteiger partial charge in [0, 0.05) is 20.1 Å². The van der Waals surface area contributed by atoms with E-state index in [1.807, 2.05) is 30.1 Å². The maximum absolute atomic E-state index is 12.7. The minimum Gasteiger partial charge on any atom is -0.374 e. The lowest BCUT2D eigenvalue weighted by atomic mass is 10.1. The summed E-state index contributed by atoms with van der Waals surface area (Å²) in [6, 6.07) is 10.2. The number of aromatic nitrogens is 3. The molecule has 2 aromatic rings. The molecule has 1 aromatic heterocycles. The van der Waals surface area contributed by atoms with E-state index in [1.54, 1.807) is 11.0 Å². The largest absolute Gasteiger partial charge is 0.374 e. The zero-order valence-electron chi connectivity index (χ0n) is 14.8. The molecule has 0 spiro atoms. The van der Waals surface area contributed by atoms with E-state index < -0.39 is 0 Å². The predicted molar refractivity (Wildman–Crippen MR) is 93.8 cm³/mol. The third kappa shape index (κ3) is 4.64. The van der Waals surface area contributed by atoms with Crippen LogP contribution in [0.4, 0.5) is 0 Å². The highest BCUT2D eigenvalue weighted by Crippen LogP contribution is 2.18. The van der Waals surface area contributed by atoms with E-state index >= 15 is 0 Å². The summed E-state index contributed by atoms with van der Waals surface area (Å²) in [4.78, 5) is 20.6. The zero-order chi connectivity index (χ0) is 17.6. The maximum Gasteiger partial charge on any atom is 0.236 e. The summed E-state index contributed by atoms with van der Waals surface area (Å²) in [7, 11) is 1.87. The third-order valence-corrected chi connectivity index (χ3v) is 4.70. The normalized spacial score (nSPS) is 19.5. The fraction of sp³-hybridized carbons (Fsp3) is 0.500. The Morgan fingerprint density at radius 1 is 1.40 bits per heavy atom. The molecule has 0 radical (unpaired) electrons. The predicted octanol–water partition coefficient (Wildman–Crippen LogP) is 1.20. The molecule has 2 heterocycles. The van der Waals surface area contributed by atoms with Gasteiger partial charge in [0.2, 0.25) is 5.91 Å². The zero-order valence-corrected chi connectivity index (χ0v) is 14.8. The molecular formula is C18H25N5O2. The quantitative estimate of drug-likeness (QED) is 0.789. The van der Waals surface area contributed by atoms with Crippen molar-refractivity contribution in [3.05, 3.63) is 48.5 Å². The molecule has 1 fully saturated rings. The number of amides is 1. The molecule has 0 unspecified atom stereocenters. The summed E-state index contributed by atoms with van der Waals surface area (Å²) in [5.41, 5.74) is 1.14. The van der Waals surface area contributed by atoms with Crippen LogP contribution < -0.4 is 0 Å². The fourth-order valence-corrected chi connectivity index (χ4v) is 3.04. The Labute approximate surface area is 148 Å². The Hall–Kier alpha value is -2.25. The van der Waals surface area contributed by atoms with Crippen molar-refractivity contribution < 1.29 is 9.53 Å². The van der Waals surface area contributed by atoms with E-state index in [0.717, 1.165) is 18.7 Å². The number of carbonyl (C=O) groups is 1. The van der Waals surface area contributed by atoms with Crippen molar-refractivity contribution in [2.75, 3.05) is 33.3 Å². The molecule has 2 atom stereocenters. The van der Waals surface area contributed by atoms with Crippen molar-refractivity contribution >= 4 is 5.91 Å². The van der Waals surface area contributed by atoms with Crippen LogP contribution >= 0.6 is 0 Å². The molecule has 1 aliphatic heterocycles. The van der Waals surface area contributed by atoms with Gasteiger partial charge >= 0.3 is 0 Å². The third-order valence-electron chi connectivity index (χ3n) is 4.70. The number of hydrogen-bond acceptors (Lipinski definition) is 5. The van der Waals surface area contributed by atoms with Crippen molar-refractivity contribution in [1.82, 2.24) is 24.6 Å². The fourth-order valence-electron chi connectivity index (χ4n) is 3.04. The Morgan fingerprint density at radius 3 is 2.92 bits per heavy atom. The van der Waals surface area contributed by atoms with E-state index in [9.17, 15) is 4.79 Å². The first-order valence-corrected chi connectivity index (χ1v) is 8.60. The highest BCUT2D eigenvalue weighted by molar-refractivity contribution is 5.78. The first-order valence-electron chi connectivity index (χ1n) is 8.60. The first-order chi connectivity index (χ1) is 12.1. The molecule has 0 N–H and O–H groups in total. The van der Waals surface area contributed by atoms with E-state index in [4.69, 9.17) is 4.74 Å². The lowest BCUT2D eigenvalue weighted by Gasteiger charge is -2.34. The lowest BCUT2D eigenvalue weighted by Crippen LogP contribution is -2.48. The summed E-state index contributed by atoms with van der Waals surface area (Å²) in [6.45, 7) is 5.24. The van der Waals surface area contributed by atoms with Gasteiger partial charge in [-0.25, -0.2) is 4.98 Å². The molecular weight excluding hydrogens is 318 g/mol. The SMILES string of the molecule is C[C@@H](c1ccccc1)N(C)C(=O)CN1CCO[C@H](Cn2cncn2)C1. The van der Waals surface area contributed by atoms with Gasteiger partial charge in [0.25, 0.3) is 0 Å². The highest BCUT2D eigenvalue weighted by Gasteiger charge is 2.25. The smallest absolute Gasteiger partial charge is 0.236 e. The highest BCUT2D eigenvalue weighted by atomic mass is 16.5. The second-order valence-corrected chi connectivity index (χ2v) is 6.44. The number of ether oxygens (including phenoxy) is 1. The maximum atomic E-state index is 12.7. The molecule has 7 nitrogen and oxygen atoms in total. The van der Waals surface area contributed by atoms with Gasteiger partial charge in [0.1, 0.15) is 12.7 Å². The van der Waals surface area contributed by atoms with Gasteiger partial charge in [0.15, 0.2) is 0 Å². The van der Waals surface area contributed by atoms with Crippen LogP contribution in [0.25, 0.3) is 0 Å². The van der Waals surface area contributed by atoms with Crippen molar-refractivity contribution in [3.63, 3.8) is 0 Å². The second-order valence-electron chi connectivity index (χ2n) is 6.44. The van der Waals surface area contributed by atoms with Gasteiger partial charge in [-0.15, -0.1) is 0 Å². The summed E-state index contributed by atoms with van der Waals surface area (Å²) >= 11 is 0. The van der Waals surface area contributed by atoms with Crippen LogP contribution in [0.3, 0.4) is 0 Å². The summed E-state index contributed by atoms with van der Waals surface area (Å²) < 4.78 is 7.55. The number of nitrogens with zero attached hydrogens (tertiary/aromatic N) is 5. The first kappa shape index (κ1) is 17.6. The monoisotopic (exact) mass is 343 g/mol. The molecule has 0 saturated carbocycles. The van der Waals surface area contributed by atoms with Crippen LogP contribution in [0.15, 0.2) is 43.0 Å². The summed E-state index contributed by atoms with van der Waals surface area (Å²) in [5, 5.41) is 4.11. The molecule has 7 heteroatoms. The Kier molecular flexibility index (Phi) is 5.78. The summed E-state index contributed by atoms with van der Waals surface area (Å²) in [6.07, 6.45) is 3.23. The van der Waals surface area contributed by atoms with Crippen molar-refractivity contribution in [1.29, 1.82) is 0 Å². The van der Waals surface area contributed by atoms with Gasteiger partial charge in [-0.2, -0.15) is 5.10 Å². The number of hydrogen-bond donors (Lipinski definition) is 0.